The van der Waals surface area contributed by atoms with Crippen molar-refractivity contribution < 1.29 is 4.79 Å². The summed E-state index contributed by atoms with van der Waals surface area (Å²) in [4.78, 5) is 20.7. The maximum Gasteiger partial charge on any atom is 0.253 e. The molecule has 1 aromatic heterocycles. The van der Waals surface area contributed by atoms with Crippen molar-refractivity contribution in [3.63, 3.8) is 0 Å². The molecular weight excluding hydrogens is 262 g/mol. The van der Waals surface area contributed by atoms with Gasteiger partial charge in [0.2, 0.25) is 0 Å². The number of fused-ring (bicyclic) bond motifs is 1. The molecule has 1 aromatic carbocycles. The summed E-state index contributed by atoms with van der Waals surface area (Å²) in [6.07, 6.45) is 3.90. The molecule has 0 aliphatic carbocycles. The van der Waals surface area contributed by atoms with E-state index in [4.69, 9.17) is 11.6 Å². The number of hydrogen-bond acceptors (Lipinski definition) is 3. The summed E-state index contributed by atoms with van der Waals surface area (Å²) >= 11 is 5.74. The molecule has 0 bridgehead atoms. The number of carbonyl (C=O) groups is 1. The molecule has 100 valence electrons. The van der Waals surface area contributed by atoms with Crippen molar-refractivity contribution in [2.24, 2.45) is 0 Å². The van der Waals surface area contributed by atoms with Gasteiger partial charge in [0.15, 0.2) is 0 Å². The fraction of sp³-hybridized carbons (Fsp3) is 0.357. The van der Waals surface area contributed by atoms with Crippen LogP contribution in [0.2, 0.25) is 0 Å². The molecule has 0 saturated carbocycles. The maximum atomic E-state index is 12.3. The summed E-state index contributed by atoms with van der Waals surface area (Å²) in [5.41, 5.74) is 1.52. The number of amides is 1. The molecule has 2 aromatic rings. The number of hydrogen-bond donors (Lipinski definition) is 1. The number of aromatic nitrogens is 2. The molecule has 4 nitrogen and oxygen atoms in total. The van der Waals surface area contributed by atoms with Gasteiger partial charge in [0.25, 0.3) is 5.91 Å². The lowest BCUT2D eigenvalue weighted by atomic mass is 10.0. The van der Waals surface area contributed by atoms with E-state index in [2.05, 4.69) is 15.3 Å². The minimum absolute atomic E-state index is 0.152. The molecule has 0 spiro atoms. The van der Waals surface area contributed by atoms with Crippen molar-refractivity contribution in [2.75, 3.05) is 5.88 Å². The van der Waals surface area contributed by atoms with Gasteiger partial charge in [-0.15, -0.1) is 11.6 Å². The van der Waals surface area contributed by atoms with Crippen LogP contribution in [0.3, 0.4) is 0 Å². The Hall–Kier alpha value is -1.68. The summed E-state index contributed by atoms with van der Waals surface area (Å²) in [6, 6.07) is 5.40. The molecule has 5 heteroatoms. The van der Waals surface area contributed by atoms with Gasteiger partial charge in [-0.3, -0.25) is 14.8 Å². The standard InChI is InChI=1S/C14H16ClN3O/c1-14(2,6-7-15)18-13(19)10-4-3-5-11-12(10)17-9-8-16-11/h3-5,8-9H,6-7H2,1-2H3,(H,18,19). The molecule has 1 amide bonds. The van der Waals surface area contributed by atoms with E-state index < -0.39 is 0 Å². The van der Waals surface area contributed by atoms with Crippen molar-refractivity contribution in [1.82, 2.24) is 15.3 Å². The Morgan fingerprint density at radius 3 is 2.79 bits per heavy atom. The van der Waals surface area contributed by atoms with Crippen LogP contribution in [0.1, 0.15) is 30.6 Å². The Kier molecular flexibility index (Phi) is 4.00. The van der Waals surface area contributed by atoms with Crippen LogP contribution in [0, 0.1) is 0 Å². The molecule has 1 heterocycles. The minimum Gasteiger partial charge on any atom is -0.347 e. The molecule has 0 aliphatic heterocycles. The van der Waals surface area contributed by atoms with Gasteiger partial charge in [0.1, 0.15) is 5.52 Å². The first-order chi connectivity index (χ1) is 9.03. The maximum absolute atomic E-state index is 12.3. The highest BCUT2D eigenvalue weighted by Crippen LogP contribution is 2.16. The molecule has 0 saturated heterocycles. The topological polar surface area (TPSA) is 54.9 Å². The first kappa shape index (κ1) is 13.7. The van der Waals surface area contributed by atoms with Crippen LogP contribution >= 0.6 is 11.6 Å². The molecule has 1 N–H and O–H groups in total. The molecule has 0 aliphatic rings. The predicted molar refractivity (Wildman–Crippen MR) is 76.4 cm³/mol. The second-order valence-electron chi connectivity index (χ2n) is 5.01. The van der Waals surface area contributed by atoms with Crippen LogP contribution in [0.15, 0.2) is 30.6 Å². The Balaban J connectivity index is 2.32. The van der Waals surface area contributed by atoms with Gasteiger partial charge in [-0.05, 0) is 32.4 Å². The normalized spacial score (nSPS) is 11.5. The number of nitrogens with zero attached hydrogens (tertiary/aromatic N) is 2. The van der Waals surface area contributed by atoms with Crippen LogP contribution in [0.4, 0.5) is 0 Å². The lowest BCUT2D eigenvalue weighted by Crippen LogP contribution is -2.43. The van der Waals surface area contributed by atoms with Crippen molar-refractivity contribution in [3.8, 4) is 0 Å². The second kappa shape index (κ2) is 5.53. The molecular formula is C14H16ClN3O. The zero-order chi connectivity index (χ0) is 13.9. The number of rotatable bonds is 4. The molecule has 0 unspecified atom stereocenters. The Bertz CT molecular complexity index is 593. The van der Waals surface area contributed by atoms with E-state index in [0.29, 0.717) is 28.9 Å². The van der Waals surface area contributed by atoms with Gasteiger partial charge >= 0.3 is 0 Å². The number of nitrogens with one attached hydrogen (secondary N) is 1. The van der Waals surface area contributed by atoms with E-state index in [9.17, 15) is 4.79 Å². The van der Waals surface area contributed by atoms with E-state index in [0.717, 1.165) is 0 Å². The zero-order valence-corrected chi connectivity index (χ0v) is 11.7. The third-order valence-corrected chi connectivity index (χ3v) is 3.10. The molecule has 2 rings (SSSR count). The summed E-state index contributed by atoms with van der Waals surface area (Å²) in [5.74, 6) is 0.351. The van der Waals surface area contributed by atoms with E-state index in [1.54, 1.807) is 24.5 Å². The third-order valence-electron chi connectivity index (χ3n) is 2.91. The summed E-state index contributed by atoms with van der Waals surface area (Å²) in [6.45, 7) is 3.90. The number of alkyl halides is 1. The fourth-order valence-corrected chi connectivity index (χ4v) is 2.32. The Labute approximate surface area is 117 Å². The van der Waals surface area contributed by atoms with Crippen LogP contribution in [0.25, 0.3) is 11.0 Å². The highest BCUT2D eigenvalue weighted by atomic mass is 35.5. The Morgan fingerprint density at radius 1 is 1.32 bits per heavy atom. The molecule has 0 fully saturated rings. The number of para-hydroxylation sites is 1. The molecule has 19 heavy (non-hydrogen) atoms. The average molecular weight is 278 g/mol. The van der Waals surface area contributed by atoms with Crippen LogP contribution in [-0.2, 0) is 0 Å². The van der Waals surface area contributed by atoms with Crippen LogP contribution < -0.4 is 5.32 Å². The van der Waals surface area contributed by atoms with Crippen molar-refractivity contribution in [1.29, 1.82) is 0 Å². The van der Waals surface area contributed by atoms with Gasteiger partial charge in [0, 0.05) is 23.8 Å². The van der Waals surface area contributed by atoms with Crippen molar-refractivity contribution in [3.05, 3.63) is 36.2 Å². The highest BCUT2D eigenvalue weighted by molar-refractivity contribution is 6.17. The predicted octanol–water partition coefficient (Wildman–Crippen LogP) is 2.77. The van der Waals surface area contributed by atoms with Gasteiger partial charge < -0.3 is 5.32 Å². The van der Waals surface area contributed by atoms with Crippen LogP contribution in [0.5, 0.6) is 0 Å². The molecule has 0 radical (unpaired) electrons. The van der Waals surface area contributed by atoms with E-state index in [1.165, 1.54) is 0 Å². The lowest BCUT2D eigenvalue weighted by molar-refractivity contribution is 0.0913. The van der Waals surface area contributed by atoms with Crippen molar-refractivity contribution in [2.45, 2.75) is 25.8 Å². The van der Waals surface area contributed by atoms with Gasteiger partial charge in [-0.25, -0.2) is 0 Å². The number of benzene rings is 1. The van der Waals surface area contributed by atoms with Gasteiger partial charge in [-0.2, -0.15) is 0 Å². The lowest BCUT2D eigenvalue weighted by Gasteiger charge is -2.25. The Morgan fingerprint density at radius 2 is 2.05 bits per heavy atom. The van der Waals surface area contributed by atoms with E-state index in [1.807, 2.05) is 19.9 Å². The first-order valence-electron chi connectivity index (χ1n) is 6.12. The van der Waals surface area contributed by atoms with Gasteiger partial charge in [-0.1, -0.05) is 6.07 Å². The monoisotopic (exact) mass is 277 g/mol. The first-order valence-corrected chi connectivity index (χ1v) is 6.65. The quantitative estimate of drug-likeness (QED) is 0.875. The largest absolute Gasteiger partial charge is 0.347 e. The highest BCUT2D eigenvalue weighted by Gasteiger charge is 2.21. The summed E-state index contributed by atoms with van der Waals surface area (Å²) < 4.78 is 0. The van der Waals surface area contributed by atoms with E-state index >= 15 is 0 Å². The van der Waals surface area contributed by atoms with E-state index in [-0.39, 0.29) is 11.4 Å². The average Bonchev–Trinajstić information content (AvgIpc) is 2.37. The number of carbonyl (C=O) groups excluding carboxylic acids is 1. The molecule has 0 atom stereocenters. The van der Waals surface area contributed by atoms with Gasteiger partial charge in [0.05, 0.1) is 11.1 Å². The number of halogens is 1. The third kappa shape index (κ3) is 3.20. The minimum atomic E-state index is -0.344. The second-order valence-corrected chi connectivity index (χ2v) is 5.38. The zero-order valence-electron chi connectivity index (χ0n) is 11.0. The summed E-state index contributed by atoms with van der Waals surface area (Å²) in [5, 5.41) is 2.97. The smallest absolute Gasteiger partial charge is 0.253 e. The summed E-state index contributed by atoms with van der Waals surface area (Å²) in [7, 11) is 0. The van der Waals surface area contributed by atoms with Crippen molar-refractivity contribution >= 4 is 28.5 Å². The fourth-order valence-electron chi connectivity index (χ4n) is 1.85. The SMILES string of the molecule is CC(C)(CCCl)NC(=O)c1cccc2nccnc12. The van der Waals surface area contributed by atoms with Crippen LogP contribution in [-0.4, -0.2) is 27.3 Å².